The highest BCUT2D eigenvalue weighted by Crippen LogP contribution is 2.43. The molecule has 0 bridgehead atoms. The third kappa shape index (κ3) is 5.79. The maximum Gasteiger partial charge on any atom is 0.312 e. The molecule has 1 spiro atoms. The van der Waals surface area contributed by atoms with Gasteiger partial charge in [0.25, 0.3) is 12.4 Å². The van der Waals surface area contributed by atoms with Gasteiger partial charge in [-0.15, -0.1) is 0 Å². The quantitative estimate of drug-likeness (QED) is 0.577. The minimum absolute atomic E-state index is 0.0485. The minimum atomic E-state index is -0.429. The Kier molecular flexibility index (Phi) is 7.78. The minimum Gasteiger partial charge on any atom is -0.483 e. The van der Waals surface area contributed by atoms with E-state index >= 15 is 0 Å². The zero-order valence-electron chi connectivity index (χ0n) is 17.6. The van der Waals surface area contributed by atoms with E-state index in [0.717, 1.165) is 25.1 Å². The largest absolute Gasteiger partial charge is 0.483 e. The van der Waals surface area contributed by atoms with Gasteiger partial charge in [-0.05, 0) is 39.3 Å². The number of carbonyl (C=O) groups excluding carboxylic acids is 2. The first-order chi connectivity index (χ1) is 13.7. The molecule has 0 aromatic carbocycles. The van der Waals surface area contributed by atoms with E-state index < -0.39 is 5.41 Å². The molecule has 1 atom stereocenters. The molecule has 2 aliphatic heterocycles. The monoisotopic (exact) mass is 409 g/mol. The number of likely N-dealkylation sites (tertiary alicyclic amines) is 1. The Labute approximate surface area is 171 Å². The van der Waals surface area contributed by atoms with Crippen LogP contribution in [0.15, 0.2) is 10.6 Å². The summed E-state index contributed by atoms with van der Waals surface area (Å²) < 4.78 is 10.8. The van der Waals surface area contributed by atoms with E-state index in [1.54, 1.807) is 11.0 Å². The van der Waals surface area contributed by atoms with Crippen LogP contribution in [-0.2, 0) is 20.7 Å². The summed E-state index contributed by atoms with van der Waals surface area (Å²) in [5.41, 5.74) is 0.379. The van der Waals surface area contributed by atoms with E-state index in [9.17, 15) is 9.59 Å². The molecule has 3 rings (SSSR count). The van der Waals surface area contributed by atoms with Crippen LogP contribution < -0.4 is 0 Å². The van der Waals surface area contributed by atoms with E-state index in [-0.39, 0.29) is 30.2 Å². The van der Waals surface area contributed by atoms with Crippen LogP contribution in [0.5, 0.6) is 0 Å². The van der Waals surface area contributed by atoms with Gasteiger partial charge >= 0.3 is 5.97 Å². The second-order valence-corrected chi connectivity index (χ2v) is 8.45. The van der Waals surface area contributed by atoms with Crippen molar-refractivity contribution in [2.45, 2.75) is 45.6 Å². The van der Waals surface area contributed by atoms with E-state index in [1.807, 2.05) is 19.0 Å². The first-order valence-electron chi connectivity index (χ1n) is 9.89. The standard InChI is InChI=1S/C19H29N3O4.CH2O2/c1-13(2)9-14-10-16(26-20-14)17(23)22-7-5-19(6-8-22)11-15(12-21(3)4)25-18(19)24;2-1-3/h10,13,15H,5-9,11-12H2,1-4H3;1H,(H,2,3). The molecule has 162 valence electrons. The van der Waals surface area contributed by atoms with Gasteiger partial charge in [0.15, 0.2) is 0 Å². The molecule has 0 aliphatic carbocycles. The number of piperidine rings is 1. The van der Waals surface area contributed by atoms with Crippen LogP contribution >= 0.6 is 0 Å². The number of ether oxygens (including phenoxy) is 1. The molecular weight excluding hydrogens is 378 g/mol. The fourth-order valence-corrected chi connectivity index (χ4v) is 3.98. The van der Waals surface area contributed by atoms with Crippen molar-refractivity contribution in [2.24, 2.45) is 11.3 Å². The van der Waals surface area contributed by atoms with Gasteiger partial charge in [-0.2, -0.15) is 0 Å². The number of aromatic nitrogens is 1. The van der Waals surface area contributed by atoms with Crippen molar-refractivity contribution in [1.82, 2.24) is 15.0 Å². The second-order valence-electron chi connectivity index (χ2n) is 8.45. The molecule has 2 fully saturated rings. The van der Waals surface area contributed by atoms with Gasteiger partial charge in [-0.3, -0.25) is 14.4 Å². The van der Waals surface area contributed by atoms with E-state index in [4.69, 9.17) is 19.2 Å². The van der Waals surface area contributed by atoms with Gasteiger partial charge in [0.05, 0.1) is 11.1 Å². The van der Waals surface area contributed by atoms with Crippen LogP contribution in [0.1, 0.15) is 49.4 Å². The Bertz CT molecular complexity index is 707. The van der Waals surface area contributed by atoms with Crippen LogP contribution in [0.3, 0.4) is 0 Å². The summed E-state index contributed by atoms with van der Waals surface area (Å²) >= 11 is 0. The molecule has 2 aliphatic rings. The van der Waals surface area contributed by atoms with E-state index in [0.29, 0.717) is 31.8 Å². The molecule has 0 radical (unpaired) electrons. The number of nitrogens with zero attached hydrogens (tertiary/aromatic N) is 3. The molecule has 1 N–H and O–H groups in total. The van der Waals surface area contributed by atoms with Gasteiger partial charge in [-0.1, -0.05) is 19.0 Å². The number of carbonyl (C=O) groups is 3. The third-order valence-electron chi connectivity index (χ3n) is 5.29. The van der Waals surface area contributed by atoms with Gasteiger partial charge < -0.3 is 24.2 Å². The molecule has 3 heterocycles. The van der Waals surface area contributed by atoms with Crippen molar-refractivity contribution < 1.29 is 28.8 Å². The van der Waals surface area contributed by atoms with Gasteiger partial charge in [0.1, 0.15) is 6.10 Å². The topological polar surface area (TPSA) is 113 Å². The summed E-state index contributed by atoms with van der Waals surface area (Å²) in [6, 6.07) is 1.74. The number of hydrogen-bond acceptors (Lipinski definition) is 7. The Morgan fingerprint density at radius 2 is 2.03 bits per heavy atom. The molecule has 9 nitrogen and oxygen atoms in total. The van der Waals surface area contributed by atoms with Crippen molar-refractivity contribution in [3.8, 4) is 0 Å². The fourth-order valence-electron chi connectivity index (χ4n) is 3.98. The molecule has 1 unspecified atom stereocenters. The molecule has 1 aromatic heterocycles. The van der Waals surface area contributed by atoms with Crippen molar-refractivity contribution in [3.05, 3.63) is 17.5 Å². The van der Waals surface area contributed by atoms with E-state index in [2.05, 4.69) is 19.0 Å². The van der Waals surface area contributed by atoms with Crippen LogP contribution in [0.4, 0.5) is 0 Å². The molecule has 0 saturated carbocycles. The average Bonchev–Trinajstić information content (AvgIpc) is 3.20. The summed E-state index contributed by atoms with van der Waals surface area (Å²) in [6.45, 7) is 5.79. The molecular formula is C20H31N3O6. The second kappa shape index (κ2) is 9.87. The maximum atomic E-state index is 12.7. The number of hydrogen-bond donors (Lipinski definition) is 1. The summed E-state index contributed by atoms with van der Waals surface area (Å²) in [7, 11) is 3.95. The normalized spacial score (nSPS) is 20.6. The SMILES string of the molecule is CC(C)Cc1cc(C(=O)N2CCC3(CC2)CC(CN(C)C)OC3=O)on1.O=CO. The summed E-state index contributed by atoms with van der Waals surface area (Å²) in [4.78, 5) is 37.2. The first kappa shape index (κ1) is 22.9. The van der Waals surface area contributed by atoms with Crippen LogP contribution in [-0.4, -0.2) is 78.2 Å². The van der Waals surface area contributed by atoms with Crippen molar-refractivity contribution >= 4 is 18.3 Å². The van der Waals surface area contributed by atoms with Gasteiger partial charge in [0, 0.05) is 32.1 Å². The summed E-state index contributed by atoms with van der Waals surface area (Å²) in [6.07, 6.45) is 2.78. The van der Waals surface area contributed by atoms with Crippen LogP contribution in [0.2, 0.25) is 0 Å². The number of amides is 1. The van der Waals surface area contributed by atoms with Crippen LogP contribution in [0.25, 0.3) is 0 Å². The van der Waals surface area contributed by atoms with E-state index in [1.165, 1.54) is 0 Å². The van der Waals surface area contributed by atoms with Gasteiger partial charge in [-0.25, -0.2) is 0 Å². The lowest BCUT2D eigenvalue weighted by Crippen LogP contribution is -2.45. The molecule has 1 amide bonds. The number of esters is 1. The predicted molar refractivity (Wildman–Crippen MR) is 104 cm³/mol. The average molecular weight is 409 g/mol. The zero-order chi connectivity index (χ0) is 21.6. The lowest BCUT2D eigenvalue weighted by atomic mass is 9.76. The Morgan fingerprint density at radius 1 is 1.41 bits per heavy atom. The number of cyclic esters (lactones) is 1. The Hall–Kier alpha value is -2.42. The number of carboxylic acid groups (broad SMARTS) is 1. The fraction of sp³-hybridized carbons (Fsp3) is 0.700. The Morgan fingerprint density at radius 3 is 2.59 bits per heavy atom. The summed E-state index contributed by atoms with van der Waals surface area (Å²) in [5, 5.41) is 10.9. The lowest BCUT2D eigenvalue weighted by Gasteiger charge is -2.36. The van der Waals surface area contributed by atoms with Gasteiger partial charge in [0.2, 0.25) is 5.76 Å². The van der Waals surface area contributed by atoms with Crippen LogP contribution in [0, 0.1) is 11.3 Å². The smallest absolute Gasteiger partial charge is 0.312 e. The predicted octanol–water partition coefficient (Wildman–Crippen LogP) is 1.67. The first-order valence-corrected chi connectivity index (χ1v) is 9.89. The van der Waals surface area contributed by atoms with Crippen molar-refractivity contribution in [1.29, 1.82) is 0 Å². The summed E-state index contributed by atoms with van der Waals surface area (Å²) in [5.74, 6) is 0.506. The molecule has 2 saturated heterocycles. The van der Waals surface area contributed by atoms with Crippen molar-refractivity contribution in [2.75, 3.05) is 33.7 Å². The molecule has 1 aromatic rings. The maximum absolute atomic E-state index is 12.7. The molecule has 9 heteroatoms. The highest BCUT2D eigenvalue weighted by molar-refractivity contribution is 5.91. The molecule has 29 heavy (non-hydrogen) atoms. The highest BCUT2D eigenvalue weighted by atomic mass is 16.6. The number of likely N-dealkylation sites (N-methyl/N-ethyl adjacent to an activating group) is 1. The highest BCUT2D eigenvalue weighted by Gasteiger charge is 2.51. The number of rotatable bonds is 5. The Balaban J connectivity index is 0.000000941. The lowest BCUT2D eigenvalue weighted by molar-refractivity contribution is -0.150. The third-order valence-corrected chi connectivity index (χ3v) is 5.29. The zero-order valence-corrected chi connectivity index (χ0v) is 17.6. The van der Waals surface area contributed by atoms with Crippen molar-refractivity contribution in [3.63, 3.8) is 0 Å².